The smallest absolute Gasteiger partial charge is 0.229 e. The number of furan rings is 1. The van der Waals surface area contributed by atoms with E-state index >= 15 is 0 Å². The predicted molar refractivity (Wildman–Crippen MR) is 69.6 cm³/mol. The Labute approximate surface area is 109 Å². The van der Waals surface area contributed by atoms with Crippen LogP contribution in [0, 0.1) is 5.41 Å². The van der Waals surface area contributed by atoms with E-state index in [2.05, 4.69) is 13.8 Å². The van der Waals surface area contributed by atoms with Gasteiger partial charge in [-0.05, 0) is 50.2 Å². The van der Waals surface area contributed by atoms with Gasteiger partial charge in [0.2, 0.25) is 5.78 Å². The van der Waals surface area contributed by atoms with E-state index in [1.165, 1.54) is 0 Å². The minimum absolute atomic E-state index is 0.00449. The zero-order valence-electron chi connectivity index (χ0n) is 11.5. The van der Waals surface area contributed by atoms with Crippen molar-refractivity contribution in [1.82, 2.24) is 0 Å². The molecule has 18 heavy (non-hydrogen) atoms. The van der Waals surface area contributed by atoms with Gasteiger partial charge in [0.05, 0.1) is 6.26 Å². The van der Waals surface area contributed by atoms with Crippen LogP contribution >= 0.6 is 0 Å². The SMILES string of the molecule is CCOC1(C(=O)c2ccco2)CCC(C)(C)CC1. The Morgan fingerprint density at radius 1 is 1.33 bits per heavy atom. The first-order valence-electron chi connectivity index (χ1n) is 6.71. The number of rotatable bonds is 4. The Kier molecular flexibility index (Phi) is 3.62. The Balaban J connectivity index is 2.20. The third-order valence-corrected chi connectivity index (χ3v) is 3.99. The lowest BCUT2D eigenvalue weighted by atomic mass is 9.69. The molecule has 1 aromatic heterocycles. The zero-order chi connectivity index (χ0) is 13.2. The molecule has 1 saturated carbocycles. The molecule has 100 valence electrons. The van der Waals surface area contributed by atoms with Crippen LogP contribution in [0.4, 0.5) is 0 Å². The van der Waals surface area contributed by atoms with Gasteiger partial charge in [0.25, 0.3) is 0 Å². The van der Waals surface area contributed by atoms with Crippen LogP contribution in [0.5, 0.6) is 0 Å². The summed E-state index contributed by atoms with van der Waals surface area (Å²) in [4.78, 5) is 12.6. The largest absolute Gasteiger partial charge is 0.461 e. The molecule has 0 N–H and O–H groups in total. The maximum Gasteiger partial charge on any atom is 0.229 e. The Morgan fingerprint density at radius 3 is 2.50 bits per heavy atom. The fraction of sp³-hybridized carbons (Fsp3) is 0.667. The number of carbonyl (C=O) groups is 1. The summed E-state index contributed by atoms with van der Waals surface area (Å²) in [5.41, 5.74) is -0.355. The molecule has 0 unspecified atom stereocenters. The summed E-state index contributed by atoms with van der Waals surface area (Å²) in [5.74, 6) is 0.424. The van der Waals surface area contributed by atoms with Gasteiger partial charge in [-0.3, -0.25) is 4.79 Å². The normalized spacial score (nSPS) is 21.7. The predicted octanol–water partition coefficient (Wildman–Crippen LogP) is 3.84. The van der Waals surface area contributed by atoms with Crippen LogP contribution in [-0.2, 0) is 4.74 Å². The van der Waals surface area contributed by atoms with E-state index < -0.39 is 5.60 Å². The van der Waals surface area contributed by atoms with Gasteiger partial charge in [0, 0.05) is 6.61 Å². The molecule has 0 aliphatic heterocycles. The lowest BCUT2D eigenvalue weighted by Crippen LogP contribution is -2.46. The summed E-state index contributed by atoms with van der Waals surface area (Å²) >= 11 is 0. The molecule has 1 aromatic rings. The lowest BCUT2D eigenvalue weighted by Gasteiger charge is -2.41. The summed E-state index contributed by atoms with van der Waals surface area (Å²) in [6.07, 6.45) is 5.14. The van der Waals surface area contributed by atoms with E-state index in [0.29, 0.717) is 17.8 Å². The summed E-state index contributed by atoms with van der Waals surface area (Å²) in [6, 6.07) is 3.47. The highest BCUT2D eigenvalue weighted by atomic mass is 16.5. The molecule has 0 bridgehead atoms. The number of ketones is 1. The van der Waals surface area contributed by atoms with Crippen molar-refractivity contribution in [2.45, 2.75) is 52.1 Å². The quantitative estimate of drug-likeness (QED) is 0.762. The molecule has 1 fully saturated rings. The van der Waals surface area contributed by atoms with Crippen LogP contribution in [0.3, 0.4) is 0 Å². The highest BCUT2D eigenvalue weighted by Crippen LogP contribution is 2.43. The van der Waals surface area contributed by atoms with Gasteiger partial charge in [-0.15, -0.1) is 0 Å². The van der Waals surface area contributed by atoms with Gasteiger partial charge in [0.15, 0.2) is 5.76 Å². The van der Waals surface area contributed by atoms with Crippen LogP contribution in [0.25, 0.3) is 0 Å². The molecule has 1 heterocycles. The molecule has 0 atom stereocenters. The zero-order valence-corrected chi connectivity index (χ0v) is 11.5. The number of carbonyl (C=O) groups excluding carboxylic acids is 1. The second-order valence-electron chi connectivity index (χ2n) is 5.90. The van der Waals surface area contributed by atoms with Crippen molar-refractivity contribution in [1.29, 1.82) is 0 Å². The van der Waals surface area contributed by atoms with Crippen LogP contribution in [0.15, 0.2) is 22.8 Å². The second-order valence-corrected chi connectivity index (χ2v) is 5.90. The van der Waals surface area contributed by atoms with Crippen molar-refractivity contribution in [2.75, 3.05) is 6.61 Å². The van der Waals surface area contributed by atoms with Crippen LogP contribution in [0.1, 0.15) is 57.0 Å². The van der Waals surface area contributed by atoms with Crippen molar-refractivity contribution in [3.05, 3.63) is 24.2 Å². The maximum absolute atomic E-state index is 12.6. The fourth-order valence-electron chi connectivity index (χ4n) is 2.68. The standard InChI is InChI=1S/C15H22O3/c1-4-18-15(9-7-14(2,3)8-10-15)13(16)12-6-5-11-17-12/h5-6,11H,4,7-10H2,1-3H3. The van der Waals surface area contributed by atoms with Crippen molar-refractivity contribution < 1.29 is 13.9 Å². The fourth-order valence-corrected chi connectivity index (χ4v) is 2.68. The first kappa shape index (κ1) is 13.3. The molecule has 3 nitrogen and oxygen atoms in total. The van der Waals surface area contributed by atoms with Gasteiger partial charge in [-0.2, -0.15) is 0 Å². The van der Waals surface area contributed by atoms with E-state index in [9.17, 15) is 4.79 Å². The Morgan fingerprint density at radius 2 is 2.00 bits per heavy atom. The number of hydrogen-bond acceptors (Lipinski definition) is 3. The Hall–Kier alpha value is -1.09. The first-order chi connectivity index (χ1) is 8.49. The van der Waals surface area contributed by atoms with E-state index in [4.69, 9.17) is 9.15 Å². The second kappa shape index (κ2) is 4.88. The summed E-state index contributed by atoms with van der Waals surface area (Å²) in [7, 11) is 0. The Bertz CT molecular complexity index is 393. The monoisotopic (exact) mass is 250 g/mol. The molecule has 0 aromatic carbocycles. The lowest BCUT2D eigenvalue weighted by molar-refractivity contribution is -0.0593. The van der Waals surface area contributed by atoms with Crippen LogP contribution in [0.2, 0.25) is 0 Å². The first-order valence-corrected chi connectivity index (χ1v) is 6.71. The van der Waals surface area contributed by atoms with Crippen molar-refractivity contribution in [2.24, 2.45) is 5.41 Å². The number of ether oxygens (including phenoxy) is 1. The van der Waals surface area contributed by atoms with Gasteiger partial charge in [0.1, 0.15) is 5.60 Å². The summed E-state index contributed by atoms with van der Waals surface area (Å²) < 4.78 is 11.1. The molecule has 2 rings (SSSR count). The summed E-state index contributed by atoms with van der Waals surface area (Å²) in [5, 5.41) is 0. The third-order valence-electron chi connectivity index (χ3n) is 3.99. The van der Waals surface area contributed by atoms with E-state index in [0.717, 1.165) is 25.7 Å². The minimum Gasteiger partial charge on any atom is -0.461 e. The van der Waals surface area contributed by atoms with Crippen molar-refractivity contribution in [3.63, 3.8) is 0 Å². The minimum atomic E-state index is -0.665. The van der Waals surface area contributed by atoms with Gasteiger partial charge < -0.3 is 9.15 Å². The van der Waals surface area contributed by atoms with Crippen LogP contribution in [-0.4, -0.2) is 18.0 Å². The van der Waals surface area contributed by atoms with Gasteiger partial charge in [-0.1, -0.05) is 13.8 Å². The molecule has 3 heteroatoms. The highest BCUT2D eigenvalue weighted by molar-refractivity contribution is 6.00. The maximum atomic E-state index is 12.6. The van der Waals surface area contributed by atoms with Crippen LogP contribution < -0.4 is 0 Å². The van der Waals surface area contributed by atoms with E-state index in [1.54, 1.807) is 18.4 Å². The molecule has 1 aliphatic rings. The average Bonchev–Trinajstić information content (AvgIpc) is 2.85. The highest BCUT2D eigenvalue weighted by Gasteiger charge is 2.45. The van der Waals surface area contributed by atoms with Crippen molar-refractivity contribution >= 4 is 5.78 Å². The van der Waals surface area contributed by atoms with Gasteiger partial charge in [-0.25, -0.2) is 0 Å². The molecule has 0 amide bonds. The molecular formula is C15H22O3. The number of Topliss-reactive ketones (excluding diaryl/α,β-unsaturated/α-hetero) is 1. The molecule has 0 radical (unpaired) electrons. The van der Waals surface area contributed by atoms with E-state index in [1.807, 2.05) is 6.92 Å². The van der Waals surface area contributed by atoms with Crippen molar-refractivity contribution in [3.8, 4) is 0 Å². The van der Waals surface area contributed by atoms with Gasteiger partial charge >= 0.3 is 0 Å². The summed E-state index contributed by atoms with van der Waals surface area (Å²) in [6.45, 7) is 7.00. The topological polar surface area (TPSA) is 39.4 Å². The van der Waals surface area contributed by atoms with E-state index in [-0.39, 0.29) is 5.78 Å². The molecule has 0 saturated heterocycles. The number of hydrogen-bond donors (Lipinski definition) is 0. The molecular weight excluding hydrogens is 228 g/mol. The third kappa shape index (κ3) is 2.51. The molecule has 0 spiro atoms. The molecule has 1 aliphatic carbocycles. The average molecular weight is 250 g/mol.